The molecule has 0 bridgehead atoms. The average Bonchev–Trinajstić information content (AvgIpc) is 2.29. The van der Waals surface area contributed by atoms with Gasteiger partial charge in [0, 0.05) is 18.8 Å². The van der Waals surface area contributed by atoms with Crippen molar-refractivity contribution in [3.8, 4) is 0 Å². The first-order valence-electron chi connectivity index (χ1n) is 6.12. The Morgan fingerprint density at radius 3 is 2.65 bits per heavy atom. The van der Waals surface area contributed by atoms with E-state index in [1.165, 1.54) is 6.42 Å². The molecule has 0 saturated heterocycles. The van der Waals surface area contributed by atoms with E-state index in [-0.39, 0.29) is 0 Å². The smallest absolute Gasteiger partial charge is 0.139 e. The molecule has 0 unspecified atom stereocenters. The Balaban J connectivity index is 3.06. The second-order valence-corrected chi connectivity index (χ2v) is 4.56. The van der Waals surface area contributed by atoms with E-state index in [0.717, 1.165) is 36.6 Å². The molecule has 3 nitrogen and oxygen atoms in total. The fraction of sp³-hybridized carbons (Fsp3) is 0.538. The summed E-state index contributed by atoms with van der Waals surface area (Å²) in [6.07, 6.45) is 2.32. The van der Waals surface area contributed by atoms with Crippen LogP contribution in [0.15, 0.2) is 12.1 Å². The number of unbranched alkanes of at least 4 members (excludes halogenated alkanes) is 1. The molecule has 1 heterocycles. The molecule has 0 fully saturated rings. The maximum atomic E-state index is 5.75. The Morgan fingerprint density at radius 2 is 2.12 bits per heavy atom. The Hall–Kier alpha value is -1.16. The first-order valence-corrected chi connectivity index (χ1v) is 6.53. The largest absolute Gasteiger partial charge is 0.389 e. The fourth-order valence-corrected chi connectivity index (χ4v) is 1.90. The summed E-state index contributed by atoms with van der Waals surface area (Å²) in [6.45, 7) is 8.22. The summed E-state index contributed by atoms with van der Waals surface area (Å²) in [7, 11) is 0. The predicted octanol–water partition coefficient (Wildman–Crippen LogP) is 2.65. The minimum absolute atomic E-state index is 0.419. The first kappa shape index (κ1) is 13.9. The van der Waals surface area contributed by atoms with Crippen molar-refractivity contribution in [2.24, 2.45) is 5.73 Å². The van der Waals surface area contributed by atoms with Gasteiger partial charge in [-0.25, -0.2) is 4.98 Å². The number of hydrogen-bond donors (Lipinski definition) is 1. The highest BCUT2D eigenvalue weighted by atomic mass is 32.1. The van der Waals surface area contributed by atoms with E-state index in [9.17, 15) is 0 Å². The lowest BCUT2D eigenvalue weighted by atomic mass is 10.2. The molecule has 0 saturated carbocycles. The number of aromatic nitrogens is 1. The quantitative estimate of drug-likeness (QED) is 0.789. The minimum atomic E-state index is 0.419. The molecule has 0 atom stereocenters. The number of pyridine rings is 1. The summed E-state index contributed by atoms with van der Waals surface area (Å²) in [6, 6.07) is 3.92. The van der Waals surface area contributed by atoms with Crippen molar-refractivity contribution in [3.63, 3.8) is 0 Å². The zero-order valence-electron chi connectivity index (χ0n) is 10.9. The second kappa shape index (κ2) is 6.55. The molecule has 0 amide bonds. The summed E-state index contributed by atoms with van der Waals surface area (Å²) in [5, 5.41) is 0. The van der Waals surface area contributed by atoms with E-state index in [0.29, 0.717) is 4.99 Å². The van der Waals surface area contributed by atoms with Crippen LogP contribution in [-0.2, 0) is 0 Å². The summed E-state index contributed by atoms with van der Waals surface area (Å²) < 4.78 is 0. The van der Waals surface area contributed by atoms with Crippen molar-refractivity contribution in [2.75, 3.05) is 18.0 Å². The van der Waals surface area contributed by atoms with Gasteiger partial charge in [-0.2, -0.15) is 0 Å². The van der Waals surface area contributed by atoms with Crippen LogP contribution in [0.3, 0.4) is 0 Å². The third kappa shape index (κ3) is 3.66. The number of thiocarbonyl (C=S) groups is 1. The van der Waals surface area contributed by atoms with Gasteiger partial charge in [0.2, 0.25) is 0 Å². The normalized spacial score (nSPS) is 10.3. The SMILES string of the molecule is CCCCN(CC)c1nc(C)ccc1C(N)=S. The summed E-state index contributed by atoms with van der Waals surface area (Å²) >= 11 is 5.08. The Labute approximate surface area is 109 Å². The van der Waals surface area contributed by atoms with E-state index in [1.54, 1.807) is 0 Å². The average molecular weight is 251 g/mol. The summed E-state index contributed by atoms with van der Waals surface area (Å²) in [5.74, 6) is 0.924. The number of nitrogens with two attached hydrogens (primary N) is 1. The van der Waals surface area contributed by atoms with Gasteiger partial charge in [-0.3, -0.25) is 0 Å². The third-order valence-corrected chi connectivity index (χ3v) is 2.96. The van der Waals surface area contributed by atoms with E-state index in [1.807, 2.05) is 19.1 Å². The highest BCUT2D eigenvalue weighted by Gasteiger charge is 2.13. The molecule has 1 aromatic heterocycles. The Kier molecular flexibility index (Phi) is 5.35. The number of hydrogen-bond acceptors (Lipinski definition) is 3. The minimum Gasteiger partial charge on any atom is -0.389 e. The molecule has 17 heavy (non-hydrogen) atoms. The van der Waals surface area contributed by atoms with Gasteiger partial charge in [0.1, 0.15) is 10.8 Å². The van der Waals surface area contributed by atoms with Crippen LogP contribution in [0, 0.1) is 6.92 Å². The molecule has 0 aliphatic heterocycles. The Morgan fingerprint density at radius 1 is 1.41 bits per heavy atom. The van der Waals surface area contributed by atoms with Gasteiger partial charge >= 0.3 is 0 Å². The molecular weight excluding hydrogens is 230 g/mol. The number of nitrogens with zero attached hydrogens (tertiary/aromatic N) is 2. The predicted molar refractivity (Wildman–Crippen MR) is 77.7 cm³/mol. The number of anilines is 1. The van der Waals surface area contributed by atoms with E-state index in [4.69, 9.17) is 18.0 Å². The molecule has 2 N–H and O–H groups in total. The topological polar surface area (TPSA) is 42.2 Å². The highest BCUT2D eigenvalue weighted by molar-refractivity contribution is 7.80. The molecule has 0 radical (unpaired) electrons. The maximum Gasteiger partial charge on any atom is 0.139 e. The molecule has 0 aliphatic carbocycles. The van der Waals surface area contributed by atoms with Crippen LogP contribution in [0.5, 0.6) is 0 Å². The van der Waals surface area contributed by atoms with Crippen molar-refractivity contribution in [2.45, 2.75) is 33.6 Å². The highest BCUT2D eigenvalue weighted by Crippen LogP contribution is 2.19. The molecule has 94 valence electrons. The second-order valence-electron chi connectivity index (χ2n) is 4.12. The number of aryl methyl sites for hydroxylation is 1. The van der Waals surface area contributed by atoms with Crippen molar-refractivity contribution >= 4 is 23.0 Å². The maximum absolute atomic E-state index is 5.75. The van der Waals surface area contributed by atoms with Crippen LogP contribution in [0.1, 0.15) is 37.9 Å². The van der Waals surface area contributed by atoms with Crippen molar-refractivity contribution in [1.82, 2.24) is 4.98 Å². The van der Waals surface area contributed by atoms with Crippen LogP contribution < -0.4 is 10.6 Å². The molecule has 0 spiro atoms. The van der Waals surface area contributed by atoms with Gasteiger partial charge in [-0.15, -0.1) is 0 Å². The van der Waals surface area contributed by atoms with Gasteiger partial charge in [0.25, 0.3) is 0 Å². The van der Waals surface area contributed by atoms with Crippen molar-refractivity contribution in [1.29, 1.82) is 0 Å². The molecular formula is C13H21N3S. The van der Waals surface area contributed by atoms with Crippen LogP contribution in [0.25, 0.3) is 0 Å². The van der Waals surface area contributed by atoms with Gasteiger partial charge in [0.15, 0.2) is 0 Å². The monoisotopic (exact) mass is 251 g/mol. The third-order valence-electron chi connectivity index (χ3n) is 2.74. The molecule has 4 heteroatoms. The molecule has 0 aliphatic rings. The van der Waals surface area contributed by atoms with E-state index >= 15 is 0 Å². The van der Waals surface area contributed by atoms with Crippen molar-refractivity contribution in [3.05, 3.63) is 23.4 Å². The van der Waals surface area contributed by atoms with Crippen LogP contribution in [-0.4, -0.2) is 23.1 Å². The molecule has 1 aromatic rings. The van der Waals surface area contributed by atoms with Gasteiger partial charge < -0.3 is 10.6 Å². The van der Waals surface area contributed by atoms with Crippen LogP contribution >= 0.6 is 12.2 Å². The summed E-state index contributed by atoms with van der Waals surface area (Å²) in [5.41, 5.74) is 7.62. The lowest BCUT2D eigenvalue weighted by Crippen LogP contribution is -2.28. The standard InChI is InChI=1S/C13H21N3S/c1-4-6-9-16(5-2)13-11(12(14)17)8-7-10(3)15-13/h7-8H,4-6,9H2,1-3H3,(H2,14,17). The lowest BCUT2D eigenvalue weighted by Gasteiger charge is -2.24. The van der Waals surface area contributed by atoms with Crippen LogP contribution in [0.4, 0.5) is 5.82 Å². The lowest BCUT2D eigenvalue weighted by molar-refractivity contribution is 0.722. The van der Waals surface area contributed by atoms with E-state index in [2.05, 4.69) is 23.7 Å². The molecule has 1 rings (SSSR count). The zero-order chi connectivity index (χ0) is 12.8. The van der Waals surface area contributed by atoms with Gasteiger partial charge in [0.05, 0.1) is 5.56 Å². The van der Waals surface area contributed by atoms with Gasteiger partial charge in [-0.05, 0) is 32.4 Å². The Bertz CT molecular complexity index is 390. The van der Waals surface area contributed by atoms with Gasteiger partial charge in [-0.1, -0.05) is 25.6 Å². The van der Waals surface area contributed by atoms with Crippen molar-refractivity contribution < 1.29 is 0 Å². The summed E-state index contributed by atoms with van der Waals surface area (Å²) in [4.78, 5) is 7.24. The fourth-order valence-electron chi connectivity index (χ4n) is 1.74. The number of rotatable bonds is 6. The molecule has 0 aromatic carbocycles. The zero-order valence-corrected chi connectivity index (χ0v) is 11.7. The first-order chi connectivity index (χ1) is 8.10. The van der Waals surface area contributed by atoms with E-state index < -0.39 is 0 Å². The van der Waals surface area contributed by atoms with Crippen LogP contribution in [0.2, 0.25) is 0 Å².